The summed E-state index contributed by atoms with van der Waals surface area (Å²) in [4.78, 5) is 11.6. The monoisotopic (exact) mass is 221 g/mol. The second-order valence-electron chi connectivity index (χ2n) is 4.20. The summed E-state index contributed by atoms with van der Waals surface area (Å²) < 4.78 is 7.53. The van der Waals surface area contributed by atoms with Crippen molar-refractivity contribution in [3.05, 3.63) is 23.5 Å². The summed E-state index contributed by atoms with van der Waals surface area (Å²) in [5, 5.41) is 0. The zero-order chi connectivity index (χ0) is 11.4. The van der Waals surface area contributed by atoms with Gasteiger partial charge in [-0.15, -0.1) is 0 Å². The predicted octanol–water partition coefficient (Wildman–Crippen LogP) is 2.43. The number of fused-ring (bicyclic) bond motifs is 1. The average Bonchev–Trinajstić information content (AvgIpc) is 2.70. The molecule has 0 unspecified atom stereocenters. The van der Waals surface area contributed by atoms with Gasteiger partial charge in [-0.2, -0.15) is 0 Å². The number of rotatable bonds is 5. The lowest BCUT2D eigenvalue weighted by molar-refractivity contribution is 0.0971. The van der Waals surface area contributed by atoms with E-state index in [0.717, 1.165) is 51.0 Å². The molecule has 1 aromatic rings. The van der Waals surface area contributed by atoms with Crippen LogP contribution in [0.1, 0.15) is 42.2 Å². The van der Waals surface area contributed by atoms with Crippen LogP contribution in [0.2, 0.25) is 0 Å². The molecule has 1 heterocycles. The molecule has 16 heavy (non-hydrogen) atoms. The fourth-order valence-corrected chi connectivity index (χ4v) is 2.28. The number of carbonyl (C=O) groups excluding carboxylic acids is 1. The second kappa shape index (κ2) is 5.30. The van der Waals surface area contributed by atoms with Gasteiger partial charge in [-0.25, -0.2) is 0 Å². The van der Waals surface area contributed by atoms with E-state index in [-0.39, 0.29) is 0 Å². The van der Waals surface area contributed by atoms with Crippen LogP contribution in [0.3, 0.4) is 0 Å². The number of hydrogen-bond acceptors (Lipinski definition) is 2. The molecule has 88 valence electrons. The highest BCUT2D eigenvalue weighted by Crippen LogP contribution is 2.22. The molecule has 0 fully saturated rings. The van der Waals surface area contributed by atoms with E-state index >= 15 is 0 Å². The second-order valence-corrected chi connectivity index (χ2v) is 4.20. The summed E-state index contributed by atoms with van der Waals surface area (Å²) in [6, 6.07) is 1.97. The molecule has 3 nitrogen and oxygen atoms in total. The third-order valence-electron chi connectivity index (χ3n) is 3.09. The topological polar surface area (TPSA) is 31.2 Å². The van der Waals surface area contributed by atoms with Gasteiger partial charge in [0.05, 0.1) is 0 Å². The number of ether oxygens (including phenoxy) is 1. The van der Waals surface area contributed by atoms with Crippen molar-refractivity contribution in [2.24, 2.45) is 0 Å². The first-order chi connectivity index (χ1) is 7.83. The molecular formula is C13H19NO2. The maximum atomic E-state index is 11.6. The lowest BCUT2D eigenvalue weighted by atomic mass is 9.97. The van der Waals surface area contributed by atoms with Crippen LogP contribution in [0.25, 0.3) is 0 Å². The molecule has 0 spiro atoms. The Morgan fingerprint density at radius 2 is 2.31 bits per heavy atom. The van der Waals surface area contributed by atoms with E-state index in [4.69, 9.17) is 4.74 Å². The Morgan fingerprint density at radius 3 is 3.12 bits per heavy atom. The molecule has 0 radical (unpaired) electrons. The van der Waals surface area contributed by atoms with Crippen molar-refractivity contribution < 1.29 is 9.53 Å². The molecule has 1 aromatic heterocycles. The molecular weight excluding hydrogens is 202 g/mol. The number of ketones is 1. The van der Waals surface area contributed by atoms with Crippen LogP contribution in [0.5, 0.6) is 0 Å². The first-order valence-electron chi connectivity index (χ1n) is 6.12. The molecule has 3 heteroatoms. The molecule has 0 N–H and O–H groups in total. The first-order valence-corrected chi connectivity index (χ1v) is 6.12. The Labute approximate surface area is 96.4 Å². The smallest absolute Gasteiger partial charge is 0.164 e. The molecule has 0 atom stereocenters. The molecule has 0 aromatic carbocycles. The van der Waals surface area contributed by atoms with Crippen molar-refractivity contribution in [3.8, 4) is 0 Å². The van der Waals surface area contributed by atoms with Crippen LogP contribution in [0.4, 0.5) is 0 Å². The molecule has 0 saturated carbocycles. The summed E-state index contributed by atoms with van der Waals surface area (Å²) >= 11 is 0. The molecule has 0 saturated heterocycles. The van der Waals surface area contributed by atoms with E-state index in [9.17, 15) is 4.79 Å². The molecule has 2 rings (SSSR count). The maximum Gasteiger partial charge on any atom is 0.164 e. The van der Waals surface area contributed by atoms with Crippen LogP contribution >= 0.6 is 0 Å². The third kappa shape index (κ3) is 2.35. The van der Waals surface area contributed by atoms with Gasteiger partial charge in [0.2, 0.25) is 0 Å². The number of hydrogen-bond donors (Lipinski definition) is 0. The number of aromatic nitrogens is 1. The summed E-state index contributed by atoms with van der Waals surface area (Å²) in [6.07, 6.45) is 5.82. The minimum Gasteiger partial charge on any atom is -0.382 e. The number of aryl methyl sites for hydroxylation is 1. The average molecular weight is 221 g/mol. The van der Waals surface area contributed by atoms with E-state index in [1.807, 2.05) is 19.2 Å². The van der Waals surface area contributed by atoms with Gasteiger partial charge in [0.25, 0.3) is 0 Å². The molecule has 0 amide bonds. The van der Waals surface area contributed by atoms with E-state index in [2.05, 4.69) is 4.57 Å². The third-order valence-corrected chi connectivity index (χ3v) is 3.09. The fourth-order valence-electron chi connectivity index (χ4n) is 2.28. The van der Waals surface area contributed by atoms with Crippen LogP contribution in [-0.2, 0) is 17.7 Å². The van der Waals surface area contributed by atoms with Gasteiger partial charge in [0, 0.05) is 43.6 Å². The molecule has 1 aliphatic carbocycles. The summed E-state index contributed by atoms with van der Waals surface area (Å²) in [5.74, 6) is 0.310. The van der Waals surface area contributed by atoms with Crippen LogP contribution < -0.4 is 0 Å². The quantitative estimate of drug-likeness (QED) is 0.715. The van der Waals surface area contributed by atoms with Gasteiger partial charge in [-0.05, 0) is 32.3 Å². The number of Topliss-reactive ketones (excluding diaryl/α,β-unsaturated/α-hetero) is 1. The van der Waals surface area contributed by atoms with E-state index in [0.29, 0.717) is 5.78 Å². The van der Waals surface area contributed by atoms with Crippen molar-refractivity contribution in [2.75, 3.05) is 13.2 Å². The van der Waals surface area contributed by atoms with Crippen molar-refractivity contribution in [3.63, 3.8) is 0 Å². The highest BCUT2D eigenvalue weighted by atomic mass is 16.5. The molecule has 0 aliphatic heterocycles. The van der Waals surface area contributed by atoms with Gasteiger partial charge >= 0.3 is 0 Å². The summed E-state index contributed by atoms with van der Waals surface area (Å²) in [5.41, 5.74) is 2.18. The normalized spacial score (nSPS) is 15.2. The number of nitrogens with zero attached hydrogens (tertiary/aromatic N) is 1. The lowest BCUT2D eigenvalue weighted by Gasteiger charge is -2.14. The SMILES string of the molecule is CCOCCCn1ccc2c1CCCC2=O. The molecule has 0 bridgehead atoms. The summed E-state index contributed by atoms with van der Waals surface area (Å²) in [6.45, 7) is 4.55. The van der Waals surface area contributed by atoms with Gasteiger partial charge < -0.3 is 9.30 Å². The largest absolute Gasteiger partial charge is 0.382 e. The Morgan fingerprint density at radius 1 is 1.44 bits per heavy atom. The van der Waals surface area contributed by atoms with Crippen molar-refractivity contribution in [2.45, 2.75) is 39.2 Å². The van der Waals surface area contributed by atoms with Crippen LogP contribution in [0.15, 0.2) is 12.3 Å². The Kier molecular flexibility index (Phi) is 3.78. The van der Waals surface area contributed by atoms with Gasteiger partial charge in [0.15, 0.2) is 5.78 Å². The maximum absolute atomic E-state index is 11.6. The fraction of sp³-hybridized carbons (Fsp3) is 0.615. The Balaban J connectivity index is 1.97. The van der Waals surface area contributed by atoms with E-state index in [1.165, 1.54) is 5.69 Å². The summed E-state index contributed by atoms with van der Waals surface area (Å²) in [7, 11) is 0. The van der Waals surface area contributed by atoms with Crippen LogP contribution in [-0.4, -0.2) is 23.6 Å². The highest BCUT2D eigenvalue weighted by molar-refractivity contribution is 5.98. The van der Waals surface area contributed by atoms with Gasteiger partial charge in [-0.3, -0.25) is 4.79 Å². The lowest BCUT2D eigenvalue weighted by Crippen LogP contribution is -2.13. The molecule has 1 aliphatic rings. The highest BCUT2D eigenvalue weighted by Gasteiger charge is 2.19. The predicted molar refractivity (Wildman–Crippen MR) is 62.8 cm³/mol. The number of carbonyl (C=O) groups is 1. The van der Waals surface area contributed by atoms with E-state index in [1.54, 1.807) is 0 Å². The minimum absolute atomic E-state index is 0.310. The Hall–Kier alpha value is -1.09. The van der Waals surface area contributed by atoms with Crippen molar-refractivity contribution >= 4 is 5.78 Å². The first kappa shape index (κ1) is 11.4. The van der Waals surface area contributed by atoms with Gasteiger partial charge in [-0.1, -0.05) is 0 Å². The van der Waals surface area contributed by atoms with Gasteiger partial charge in [0.1, 0.15) is 0 Å². The minimum atomic E-state index is 0.310. The van der Waals surface area contributed by atoms with E-state index < -0.39 is 0 Å². The van der Waals surface area contributed by atoms with Crippen molar-refractivity contribution in [1.29, 1.82) is 0 Å². The van der Waals surface area contributed by atoms with Crippen molar-refractivity contribution in [1.82, 2.24) is 4.57 Å². The zero-order valence-electron chi connectivity index (χ0n) is 9.87. The zero-order valence-corrected chi connectivity index (χ0v) is 9.87. The Bertz CT molecular complexity index is 368. The van der Waals surface area contributed by atoms with Crippen LogP contribution in [0, 0.1) is 0 Å². The standard InChI is InChI=1S/C13H19NO2/c1-2-16-10-4-8-14-9-7-11-12(14)5-3-6-13(11)15/h7,9H,2-6,8,10H2,1H3.